The van der Waals surface area contributed by atoms with Gasteiger partial charge >= 0.3 is 0 Å². The first-order valence-electron chi connectivity index (χ1n) is 9.26. The molecule has 0 spiro atoms. The molecule has 0 bridgehead atoms. The molecule has 11 heteroatoms. The smallest absolute Gasteiger partial charge is 0.237 e. The van der Waals surface area contributed by atoms with Gasteiger partial charge in [0.1, 0.15) is 0 Å². The molecule has 2 heterocycles. The lowest BCUT2D eigenvalue weighted by Crippen LogP contribution is -2.54. The fourth-order valence-corrected chi connectivity index (χ4v) is 8.91. The standard InChI is InChI=1S/C18H22N2O6S3/c21-27(22)9-7-16(12-27)19-20(17-8-10-28(23,24)13-17)29(25,26)18-6-5-14-3-1-2-4-15(14)11-18/h1-6,11,16-17,19H,7-10,12-13H2/t16-,17+/m0/s1. The summed E-state index contributed by atoms with van der Waals surface area (Å²) in [6, 6.07) is 10.7. The number of fused-ring (bicyclic) bond motifs is 1. The fraction of sp³-hybridized carbons (Fsp3) is 0.444. The molecule has 0 unspecified atom stereocenters. The van der Waals surface area contributed by atoms with Crippen molar-refractivity contribution in [1.82, 2.24) is 9.84 Å². The number of nitrogens with zero attached hydrogens (tertiary/aromatic N) is 1. The van der Waals surface area contributed by atoms with Crippen LogP contribution in [0.15, 0.2) is 47.4 Å². The first-order valence-corrected chi connectivity index (χ1v) is 14.3. The van der Waals surface area contributed by atoms with E-state index in [2.05, 4.69) is 5.43 Å². The van der Waals surface area contributed by atoms with E-state index in [0.717, 1.165) is 15.2 Å². The van der Waals surface area contributed by atoms with Crippen LogP contribution in [-0.4, -0.2) is 64.8 Å². The summed E-state index contributed by atoms with van der Waals surface area (Å²) < 4.78 is 75.5. The highest BCUT2D eigenvalue weighted by molar-refractivity contribution is 7.92. The molecule has 4 rings (SSSR count). The summed E-state index contributed by atoms with van der Waals surface area (Å²) in [5, 5.41) is 1.63. The van der Waals surface area contributed by atoms with Gasteiger partial charge in [-0.3, -0.25) is 0 Å². The van der Waals surface area contributed by atoms with Gasteiger partial charge in [0.15, 0.2) is 19.7 Å². The van der Waals surface area contributed by atoms with Crippen LogP contribution in [0.4, 0.5) is 0 Å². The summed E-state index contributed by atoms with van der Waals surface area (Å²) in [5.74, 6) is -0.563. The Kier molecular flexibility index (Phi) is 5.23. The second-order valence-corrected chi connectivity index (χ2v) is 13.9. The van der Waals surface area contributed by atoms with Crippen LogP contribution in [0.1, 0.15) is 12.8 Å². The molecule has 2 aliphatic heterocycles. The third-order valence-electron chi connectivity index (χ3n) is 5.36. The molecule has 2 aromatic rings. The Hall–Kier alpha value is -1.53. The normalized spacial score (nSPS) is 26.2. The lowest BCUT2D eigenvalue weighted by molar-refractivity contribution is 0.229. The van der Waals surface area contributed by atoms with E-state index in [1.54, 1.807) is 18.2 Å². The average Bonchev–Trinajstić information content (AvgIpc) is 3.19. The van der Waals surface area contributed by atoms with Gasteiger partial charge in [0, 0.05) is 6.04 Å². The van der Waals surface area contributed by atoms with Crippen LogP contribution in [0.25, 0.3) is 10.8 Å². The van der Waals surface area contributed by atoms with Crippen molar-refractivity contribution in [3.05, 3.63) is 42.5 Å². The van der Waals surface area contributed by atoms with Crippen LogP contribution < -0.4 is 5.43 Å². The molecular weight excluding hydrogens is 436 g/mol. The number of rotatable bonds is 5. The molecule has 2 fully saturated rings. The van der Waals surface area contributed by atoms with Gasteiger partial charge in [-0.15, -0.1) is 4.41 Å². The van der Waals surface area contributed by atoms with Gasteiger partial charge in [-0.05, 0) is 35.7 Å². The third-order valence-corrected chi connectivity index (χ3v) is 10.6. The highest BCUT2D eigenvalue weighted by Gasteiger charge is 2.41. The molecular formula is C18H22N2O6S3. The predicted octanol–water partition coefficient (Wildman–Crippen LogP) is 0.709. The first-order chi connectivity index (χ1) is 13.6. The minimum atomic E-state index is -4.09. The van der Waals surface area contributed by atoms with Gasteiger partial charge in [-0.25, -0.2) is 30.7 Å². The van der Waals surface area contributed by atoms with Crippen LogP contribution in [0, 0.1) is 0 Å². The molecule has 29 heavy (non-hydrogen) atoms. The largest absolute Gasteiger partial charge is 0.256 e. The molecule has 0 amide bonds. The number of sulfonamides is 1. The van der Waals surface area contributed by atoms with Crippen LogP contribution in [-0.2, 0) is 29.7 Å². The quantitative estimate of drug-likeness (QED) is 0.656. The Morgan fingerprint density at radius 3 is 2.14 bits per heavy atom. The average molecular weight is 459 g/mol. The van der Waals surface area contributed by atoms with E-state index < -0.39 is 41.8 Å². The topological polar surface area (TPSA) is 118 Å². The van der Waals surface area contributed by atoms with Crippen molar-refractivity contribution in [1.29, 1.82) is 0 Å². The van der Waals surface area contributed by atoms with Crippen LogP contribution in [0.3, 0.4) is 0 Å². The van der Waals surface area contributed by atoms with Crippen molar-refractivity contribution in [2.24, 2.45) is 0 Å². The monoisotopic (exact) mass is 458 g/mol. The molecule has 0 aliphatic carbocycles. The van der Waals surface area contributed by atoms with E-state index in [1.165, 1.54) is 6.07 Å². The summed E-state index contributed by atoms with van der Waals surface area (Å²) in [4.78, 5) is 0.0360. The van der Waals surface area contributed by atoms with Gasteiger partial charge in [0.2, 0.25) is 0 Å². The lowest BCUT2D eigenvalue weighted by Gasteiger charge is -2.30. The SMILES string of the molecule is O=S1(=O)CC[C@H](NN([C@@H]2CCS(=O)(=O)C2)S(=O)(=O)c2ccc3ccccc3c2)C1. The number of hydrogen-bond acceptors (Lipinski definition) is 7. The van der Waals surface area contributed by atoms with E-state index in [9.17, 15) is 25.3 Å². The molecule has 8 nitrogen and oxygen atoms in total. The number of nitrogens with one attached hydrogen (secondary N) is 1. The summed E-state index contributed by atoms with van der Waals surface area (Å²) >= 11 is 0. The number of hydrogen-bond donors (Lipinski definition) is 1. The fourth-order valence-electron chi connectivity index (χ4n) is 3.85. The first kappa shape index (κ1) is 20.7. The van der Waals surface area contributed by atoms with Crippen molar-refractivity contribution in [3.8, 4) is 0 Å². The molecule has 0 radical (unpaired) electrons. The summed E-state index contributed by atoms with van der Waals surface area (Å²) in [6.45, 7) is 0. The van der Waals surface area contributed by atoms with Crippen molar-refractivity contribution in [3.63, 3.8) is 0 Å². The van der Waals surface area contributed by atoms with Gasteiger partial charge in [-0.1, -0.05) is 30.3 Å². The second-order valence-electron chi connectivity index (χ2n) is 7.60. The molecule has 2 aliphatic rings. The molecule has 0 saturated carbocycles. The van der Waals surface area contributed by atoms with Crippen LogP contribution in [0.2, 0.25) is 0 Å². The second kappa shape index (κ2) is 7.31. The summed E-state index contributed by atoms with van der Waals surface area (Å²) in [5.41, 5.74) is 2.84. The van der Waals surface area contributed by atoms with Gasteiger partial charge in [-0.2, -0.15) is 0 Å². The Balaban J connectivity index is 1.71. The zero-order valence-corrected chi connectivity index (χ0v) is 18.0. The zero-order chi connectivity index (χ0) is 20.9. The minimum absolute atomic E-state index is 0.0164. The summed E-state index contributed by atoms with van der Waals surface area (Å²) in [6.07, 6.45) is 0.452. The number of sulfone groups is 2. The van der Waals surface area contributed by atoms with E-state index in [0.29, 0.717) is 0 Å². The molecule has 2 saturated heterocycles. The Morgan fingerprint density at radius 1 is 0.862 bits per heavy atom. The third kappa shape index (κ3) is 4.33. The highest BCUT2D eigenvalue weighted by Crippen LogP contribution is 2.27. The number of benzene rings is 2. The maximum Gasteiger partial charge on any atom is 0.256 e. The van der Waals surface area contributed by atoms with E-state index in [1.807, 2.05) is 18.2 Å². The van der Waals surface area contributed by atoms with E-state index >= 15 is 0 Å². The molecule has 1 N–H and O–H groups in total. The number of hydrazine groups is 1. The Bertz CT molecular complexity index is 1260. The minimum Gasteiger partial charge on any atom is -0.237 e. The zero-order valence-electron chi connectivity index (χ0n) is 15.6. The Morgan fingerprint density at radius 2 is 1.52 bits per heavy atom. The molecule has 158 valence electrons. The maximum absolute atomic E-state index is 13.4. The highest BCUT2D eigenvalue weighted by atomic mass is 32.2. The molecule has 2 aromatic carbocycles. The predicted molar refractivity (Wildman–Crippen MR) is 110 cm³/mol. The van der Waals surface area contributed by atoms with E-state index in [4.69, 9.17) is 0 Å². The van der Waals surface area contributed by atoms with Crippen LogP contribution >= 0.6 is 0 Å². The lowest BCUT2D eigenvalue weighted by atomic mass is 10.1. The molecule has 0 aromatic heterocycles. The van der Waals surface area contributed by atoms with Gasteiger partial charge in [0.25, 0.3) is 10.0 Å². The van der Waals surface area contributed by atoms with E-state index in [-0.39, 0.29) is 40.7 Å². The van der Waals surface area contributed by atoms with Crippen molar-refractivity contribution < 1.29 is 25.3 Å². The maximum atomic E-state index is 13.4. The van der Waals surface area contributed by atoms with Crippen molar-refractivity contribution in [2.45, 2.75) is 29.8 Å². The molecule has 2 atom stereocenters. The summed E-state index contributed by atoms with van der Waals surface area (Å²) in [7, 11) is -10.7. The van der Waals surface area contributed by atoms with Gasteiger partial charge < -0.3 is 0 Å². The Labute approximate surface area is 170 Å². The van der Waals surface area contributed by atoms with Gasteiger partial charge in [0.05, 0.1) is 33.9 Å². The van der Waals surface area contributed by atoms with Crippen LogP contribution in [0.5, 0.6) is 0 Å². The van der Waals surface area contributed by atoms with Crippen molar-refractivity contribution >= 4 is 40.5 Å². The van der Waals surface area contributed by atoms with Crippen molar-refractivity contribution in [2.75, 3.05) is 23.0 Å².